The number of amides is 1. The summed E-state index contributed by atoms with van der Waals surface area (Å²) >= 11 is 0. The number of nitriles is 1. The van der Waals surface area contributed by atoms with Gasteiger partial charge in [0.2, 0.25) is 6.79 Å². The highest BCUT2D eigenvalue weighted by Gasteiger charge is 2.19. The van der Waals surface area contributed by atoms with Crippen LogP contribution in [0.1, 0.15) is 5.56 Å². The van der Waals surface area contributed by atoms with Gasteiger partial charge in [-0.15, -0.1) is 0 Å². The van der Waals surface area contributed by atoms with Crippen LogP contribution in [0.15, 0.2) is 54.2 Å². The van der Waals surface area contributed by atoms with E-state index in [1.54, 1.807) is 6.20 Å². The highest BCUT2D eigenvalue weighted by Crippen LogP contribution is 2.32. The van der Waals surface area contributed by atoms with Crippen LogP contribution in [0.3, 0.4) is 0 Å². The smallest absolute Gasteiger partial charge is 0.267 e. The highest BCUT2D eigenvalue weighted by molar-refractivity contribution is 6.06. The molecule has 8 heteroatoms. The number of hydrogen-bond acceptors (Lipinski definition) is 6. The Balaban J connectivity index is 1.31. The molecule has 0 unspecified atom stereocenters. The van der Waals surface area contributed by atoms with E-state index in [0.29, 0.717) is 18.8 Å². The summed E-state index contributed by atoms with van der Waals surface area (Å²) in [5.41, 5.74) is 1.61. The molecule has 1 amide bonds. The number of anilines is 1. The lowest BCUT2D eigenvalue weighted by atomic mass is 10.1. The first-order chi connectivity index (χ1) is 14.6. The molecule has 4 rings (SSSR count). The Bertz CT molecular complexity index is 992. The van der Waals surface area contributed by atoms with Gasteiger partial charge in [0.05, 0.1) is 0 Å². The molecule has 7 nitrogen and oxygen atoms in total. The molecular formula is C22H21FN4O3. The van der Waals surface area contributed by atoms with Gasteiger partial charge in [0.1, 0.15) is 17.5 Å². The number of nitrogens with one attached hydrogen (secondary N) is 1. The Hall–Kier alpha value is -3.57. The second kappa shape index (κ2) is 8.84. The van der Waals surface area contributed by atoms with Crippen LogP contribution in [0.5, 0.6) is 11.5 Å². The molecule has 0 spiro atoms. The van der Waals surface area contributed by atoms with Gasteiger partial charge in [0.25, 0.3) is 5.91 Å². The average molecular weight is 408 g/mol. The molecule has 1 saturated heterocycles. The average Bonchev–Trinajstić information content (AvgIpc) is 3.22. The normalized spacial score (nSPS) is 16.3. The van der Waals surface area contributed by atoms with E-state index in [1.807, 2.05) is 29.2 Å². The third kappa shape index (κ3) is 4.70. The van der Waals surface area contributed by atoms with Crippen molar-refractivity contribution in [1.29, 1.82) is 5.26 Å². The molecule has 1 N–H and O–H groups in total. The summed E-state index contributed by atoms with van der Waals surface area (Å²) < 4.78 is 23.8. The monoisotopic (exact) mass is 408 g/mol. The topological polar surface area (TPSA) is 77.8 Å². The summed E-state index contributed by atoms with van der Waals surface area (Å²) in [5.74, 6) is 0.658. The molecule has 0 radical (unpaired) electrons. The molecule has 0 atom stereocenters. The van der Waals surface area contributed by atoms with Crippen LogP contribution >= 0.6 is 0 Å². The summed E-state index contributed by atoms with van der Waals surface area (Å²) in [6.07, 6.45) is 1.59. The summed E-state index contributed by atoms with van der Waals surface area (Å²) in [6, 6.07) is 13.3. The van der Waals surface area contributed by atoms with Crippen LogP contribution in [0.25, 0.3) is 0 Å². The molecule has 0 aromatic heterocycles. The third-order valence-corrected chi connectivity index (χ3v) is 5.03. The van der Waals surface area contributed by atoms with Gasteiger partial charge in [-0.1, -0.05) is 6.07 Å². The van der Waals surface area contributed by atoms with Crippen LogP contribution in [-0.2, 0) is 11.3 Å². The predicted molar refractivity (Wildman–Crippen MR) is 108 cm³/mol. The van der Waals surface area contributed by atoms with Crippen molar-refractivity contribution in [2.75, 3.05) is 38.3 Å². The van der Waals surface area contributed by atoms with Gasteiger partial charge in [0.15, 0.2) is 11.5 Å². The SMILES string of the molecule is N#CC(=CN1CCN(Cc2ccc3c(c2)OCO3)CC1)C(=O)Nc1ccc(F)cc1. The zero-order chi connectivity index (χ0) is 20.9. The number of piperazine rings is 1. The fourth-order valence-electron chi connectivity index (χ4n) is 3.40. The van der Waals surface area contributed by atoms with Gasteiger partial charge in [0, 0.05) is 44.6 Å². The highest BCUT2D eigenvalue weighted by atomic mass is 19.1. The quantitative estimate of drug-likeness (QED) is 0.606. The fourth-order valence-corrected chi connectivity index (χ4v) is 3.40. The molecule has 154 valence electrons. The third-order valence-electron chi connectivity index (χ3n) is 5.03. The first-order valence-electron chi connectivity index (χ1n) is 9.64. The number of ether oxygens (including phenoxy) is 2. The molecule has 0 bridgehead atoms. The lowest BCUT2D eigenvalue weighted by molar-refractivity contribution is -0.112. The van der Waals surface area contributed by atoms with E-state index in [4.69, 9.17) is 9.47 Å². The van der Waals surface area contributed by atoms with E-state index >= 15 is 0 Å². The predicted octanol–water partition coefficient (Wildman–Crippen LogP) is 2.72. The maximum Gasteiger partial charge on any atom is 0.267 e. The molecule has 0 saturated carbocycles. The Kier molecular flexibility index (Phi) is 5.82. The van der Waals surface area contributed by atoms with Crippen molar-refractivity contribution in [3.63, 3.8) is 0 Å². The molecular weight excluding hydrogens is 387 g/mol. The van der Waals surface area contributed by atoms with Crippen molar-refractivity contribution >= 4 is 11.6 Å². The Morgan fingerprint density at radius 3 is 2.57 bits per heavy atom. The number of rotatable bonds is 5. The van der Waals surface area contributed by atoms with E-state index in [9.17, 15) is 14.4 Å². The van der Waals surface area contributed by atoms with Gasteiger partial charge in [-0.25, -0.2) is 4.39 Å². The van der Waals surface area contributed by atoms with E-state index in [-0.39, 0.29) is 18.2 Å². The largest absolute Gasteiger partial charge is 0.454 e. The molecule has 1 fully saturated rings. The number of carbonyl (C=O) groups excluding carboxylic acids is 1. The number of nitrogens with zero attached hydrogens (tertiary/aromatic N) is 3. The second-order valence-corrected chi connectivity index (χ2v) is 7.12. The zero-order valence-electron chi connectivity index (χ0n) is 16.3. The van der Waals surface area contributed by atoms with Crippen LogP contribution in [-0.4, -0.2) is 48.7 Å². The molecule has 2 heterocycles. The lowest BCUT2D eigenvalue weighted by Crippen LogP contribution is -2.43. The maximum atomic E-state index is 13.0. The van der Waals surface area contributed by atoms with E-state index < -0.39 is 5.91 Å². The van der Waals surface area contributed by atoms with Crippen molar-refractivity contribution in [1.82, 2.24) is 9.80 Å². The van der Waals surface area contributed by atoms with Crippen LogP contribution < -0.4 is 14.8 Å². The first kappa shape index (κ1) is 19.7. The molecule has 2 aliphatic heterocycles. The fraction of sp³-hybridized carbons (Fsp3) is 0.273. The standard InChI is InChI=1S/C22H21FN4O3/c23-18-2-4-19(5-3-18)25-22(28)17(12-24)14-27-9-7-26(8-10-27)13-16-1-6-20-21(11-16)30-15-29-20/h1-6,11,14H,7-10,13,15H2,(H,25,28). The van der Waals surface area contributed by atoms with Crippen molar-refractivity contribution in [3.8, 4) is 17.6 Å². The second-order valence-electron chi connectivity index (χ2n) is 7.12. The first-order valence-corrected chi connectivity index (χ1v) is 9.64. The number of hydrogen-bond donors (Lipinski definition) is 1. The Labute approximate surface area is 173 Å². The van der Waals surface area contributed by atoms with E-state index in [1.165, 1.54) is 24.3 Å². The molecule has 0 aliphatic carbocycles. The van der Waals surface area contributed by atoms with Gasteiger partial charge in [-0.3, -0.25) is 9.69 Å². The lowest BCUT2D eigenvalue weighted by Gasteiger charge is -2.34. The molecule has 2 aromatic carbocycles. The maximum absolute atomic E-state index is 13.0. The minimum Gasteiger partial charge on any atom is -0.454 e. The summed E-state index contributed by atoms with van der Waals surface area (Å²) in [6.45, 7) is 4.09. The molecule has 2 aliphatic rings. The number of carbonyl (C=O) groups is 1. The molecule has 2 aromatic rings. The van der Waals surface area contributed by atoms with Crippen molar-refractivity contribution in [2.24, 2.45) is 0 Å². The van der Waals surface area contributed by atoms with Gasteiger partial charge < -0.3 is 19.7 Å². The van der Waals surface area contributed by atoms with Crippen LogP contribution in [0.2, 0.25) is 0 Å². The zero-order valence-corrected chi connectivity index (χ0v) is 16.3. The number of fused-ring (bicyclic) bond motifs is 1. The number of benzene rings is 2. The van der Waals surface area contributed by atoms with Crippen molar-refractivity contribution in [2.45, 2.75) is 6.54 Å². The van der Waals surface area contributed by atoms with Gasteiger partial charge in [-0.2, -0.15) is 5.26 Å². The van der Waals surface area contributed by atoms with Gasteiger partial charge in [-0.05, 0) is 42.0 Å². The summed E-state index contributed by atoms with van der Waals surface area (Å²) in [7, 11) is 0. The molecule has 30 heavy (non-hydrogen) atoms. The van der Waals surface area contributed by atoms with Gasteiger partial charge >= 0.3 is 0 Å². The van der Waals surface area contributed by atoms with E-state index in [2.05, 4.69) is 10.2 Å². The van der Waals surface area contributed by atoms with E-state index in [0.717, 1.165) is 36.7 Å². The van der Waals surface area contributed by atoms with Crippen LogP contribution in [0, 0.1) is 17.1 Å². The minimum absolute atomic E-state index is 0.0172. The Morgan fingerprint density at radius 2 is 1.83 bits per heavy atom. The Morgan fingerprint density at radius 1 is 1.10 bits per heavy atom. The summed E-state index contributed by atoms with van der Waals surface area (Å²) in [4.78, 5) is 16.6. The summed E-state index contributed by atoms with van der Waals surface area (Å²) in [5, 5.41) is 12.0. The van der Waals surface area contributed by atoms with Crippen molar-refractivity contribution in [3.05, 3.63) is 65.6 Å². The minimum atomic E-state index is -0.508. The van der Waals surface area contributed by atoms with Crippen molar-refractivity contribution < 1.29 is 18.7 Å². The number of halogens is 1. The van der Waals surface area contributed by atoms with Crippen LogP contribution in [0.4, 0.5) is 10.1 Å².